The van der Waals surface area contributed by atoms with Crippen molar-refractivity contribution in [3.05, 3.63) is 0 Å². The molecular formula is C11H19N3O8. The third-order valence-corrected chi connectivity index (χ3v) is 2.03. The van der Waals surface area contributed by atoms with Gasteiger partial charge in [-0.1, -0.05) is 0 Å². The minimum Gasteiger partial charge on any atom is -0.481 e. The molecule has 0 bridgehead atoms. The summed E-state index contributed by atoms with van der Waals surface area (Å²) in [4.78, 5) is 51.9. The van der Waals surface area contributed by atoms with Crippen LogP contribution >= 0.6 is 0 Å². The summed E-state index contributed by atoms with van der Waals surface area (Å²) in [6, 6.07) is -2.68. The van der Waals surface area contributed by atoms with Crippen LogP contribution in [0.5, 0.6) is 0 Å². The average molecular weight is 321 g/mol. The van der Waals surface area contributed by atoms with Gasteiger partial charge < -0.3 is 32.1 Å². The van der Waals surface area contributed by atoms with E-state index in [2.05, 4.69) is 0 Å². The highest BCUT2D eigenvalue weighted by molar-refractivity contribution is 5.89. The van der Waals surface area contributed by atoms with Crippen LogP contribution in [0.4, 0.5) is 0 Å². The largest absolute Gasteiger partial charge is 0.481 e. The summed E-state index contributed by atoms with van der Waals surface area (Å²) in [5, 5.41) is 26.5. The number of carbonyl (C=O) groups excluding carboxylic acids is 2. The Balaban J connectivity index is 0. The van der Waals surface area contributed by atoms with Gasteiger partial charge in [0.1, 0.15) is 6.04 Å². The molecular weight excluding hydrogens is 302 g/mol. The van der Waals surface area contributed by atoms with Crippen LogP contribution in [-0.2, 0) is 24.0 Å². The van der Waals surface area contributed by atoms with E-state index in [0.29, 0.717) is 0 Å². The molecule has 0 rings (SSSR count). The molecule has 11 heteroatoms. The van der Waals surface area contributed by atoms with Crippen LogP contribution in [-0.4, -0.2) is 57.1 Å². The van der Waals surface area contributed by atoms with Gasteiger partial charge in [-0.2, -0.15) is 0 Å². The minimum absolute atomic E-state index is 0.0411. The zero-order valence-electron chi connectivity index (χ0n) is 11.8. The first-order chi connectivity index (χ1) is 9.97. The van der Waals surface area contributed by atoms with Gasteiger partial charge >= 0.3 is 11.9 Å². The third kappa shape index (κ3) is 13.7. The van der Waals surface area contributed by atoms with Crippen LogP contribution in [0.15, 0.2) is 0 Å². The number of carbonyl (C=O) groups is 5. The molecule has 22 heavy (non-hydrogen) atoms. The molecule has 0 aromatic rings. The van der Waals surface area contributed by atoms with Crippen LogP contribution < -0.4 is 16.8 Å². The van der Waals surface area contributed by atoms with E-state index in [-0.39, 0.29) is 12.8 Å². The SMILES string of the molecule is CC(=O)O.NC(=O)CC[C@H](N)C(=O)N[C@@H](CC(=O)O)C(=O)O. The maximum absolute atomic E-state index is 11.4. The fraction of sp³-hybridized carbons (Fsp3) is 0.545. The van der Waals surface area contributed by atoms with E-state index in [1.165, 1.54) is 0 Å². The molecule has 0 aromatic heterocycles. The Labute approximate surface area is 125 Å². The first-order valence-electron chi connectivity index (χ1n) is 5.95. The van der Waals surface area contributed by atoms with Gasteiger partial charge in [0.2, 0.25) is 11.8 Å². The molecule has 0 spiro atoms. The molecule has 0 aromatic carbocycles. The molecule has 0 saturated heterocycles. The Kier molecular flexibility index (Phi) is 10.8. The lowest BCUT2D eigenvalue weighted by molar-refractivity contribution is -0.147. The lowest BCUT2D eigenvalue weighted by Crippen LogP contribution is -2.49. The predicted octanol–water partition coefficient (Wildman–Crippen LogP) is -2.29. The molecule has 0 aliphatic carbocycles. The topological polar surface area (TPSA) is 210 Å². The Hall–Kier alpha value is -2.69. The number of primary amides is 1. The summed E-state index contributed by atoms with van der Waals surface area (Å²) >= 11 is 0. The van der Waals surface area contributed by atoms with E-state index < -0.39 is 48.2 Å². The molecule has 2 atom stereocenters. The maximum atomic E-state index is 11.4. The summed E-state index contributed by atoms with van der Waals surface area (Å²) in [7, 11) is 0. The summed E-state index contributed by atoms with van der Waals surface area (Å²) in [5.41, 5.74) is 10.2. The van der Waals surface area contributed by atoms with E-state index in [1.54, 1.807) is 0 Å². The number of hydrogen-bond donors (Lipinski definition) is 6. The lowest BCUT2D eigenvalue weighted by Gasteiger charge is -2.16. The number of nitrogens with one attached hydrogen (secondary N) is 1. The number of carboxylic acid groups (broad SMARTS) is 3. The van der Waals surface area contributed by atoms with Crippen molar-refractivity contribution in [3.8, 4) is 0 Å². The average Bonchev–Trinajstić information content (AvgIpc) is 2.33. The zero-order valence-corrected chi connectivity index (χ0v) is 11.8. The van der Waals surface area contributed by atoms with Gasteiger partial charge in [0, 0.05) is 13.3 Å². The highest BCUT2D eigenvalue weighted by atomic mass is 16.4. The summed E-state index contributed by atoms with van der Waals surface area (Å²) in [6.45, 7) is 1.08. The third-order valence-electron chi connectivity index (χ3n) is 2.03. The molecule has 2 amide bonds. The Morgan fingerprint density at radius 3 is 1.86 bits per heavy atom. The van der Waals surface area contributed by atoms with Crippen molar-refractivity contribution in [2.45, 2.75) is 38.3 Å². The van der Waals surface area contributed by atoms with E-state index in [1.807, 2.05) is 5.32 Å². The molecule has 0 radical (unpaired) electrons. The van der Waals surface area contributed by atoms with Crippen LogP contribution in [0.25, 0.3) is 0 Å². The molecule has 0 unspecified atom stereocenters. The van der Waals surface area contributed by atoms with Gasteiger partial charge in [0.15, 0.2) is 0 Å². The van der Waals surface area contributed by atoms with Crippen molar-refractivity contribution in [2.24, 2.45) is 11.5 Å². The molecule has 11 nitrogen and oxygen atoms in total. The van der Waals surface area contributed by atoms with Crippen molar-refractivity contribution in [2.75, 3.05) is 0 Å². The number of amides is 2. The summed E-state index contributed by atoms with van der Waals surface area (Å²) in [5.74, 6) is -5.16. The number of carboxylic acids is 3. The smallest absolute Gasteiger partial charge is 0.326 e. The van der Waals surface area contributed by atoms with Crippen LogP contribution in [0, 0.1) is 0 Å². The van der Waals surface area contributed by atoms with Crippen molar-refractivity contribution in [3.63, 3.8) is 0 Å². The number of hydrogen-bond acceptors (Lipinski definition) is 6. The first-order valence-corrected chi connectivity index (χ1v) is 5.95. The second-order valence-electron chi connectivity index (χ2n) is 4.13. The molecule has 8 N–H and O–H groups in total. The second kappa shape index (κ2) is 11.0. The van der Waals surface area contributed by atoms with Crippen LogP contribution in [0.3, 0.4) is 0 Å². The lowest BCUT2D eigenvalue weighted by atomic mass is 10.1. The van der Waals surface area contributed by atoms with Gasteiger partial charge in [-0.05, 0) is 6.42 Å². The predicted molar refractivity (Wildman–Crippen MR) is 71.5 cm³/mol. The van der Waals surface area contributed by atoms with Crippen molar-refractivity contribution < 1.29 is 39.3 Å². The van der Waals surface area contributed by atoms with Crippen LogP contribution in [0.1, 0.15) is 26.2 Å². The molecule has 0 aliphatic rings. The van der Waals surface area contributed by atoms with Gasteiger partial charge in [-0.3, -0.25) is 19.2 Å². The van der Waals surface area contributed by atoms with Gasteiger partial charge in [0.05, 0.1) is 12.5 Å². The van der Waals surface area contributed by atoms with Gasteiger partial charge in [0.25, 0.3) is 5.97 Å². The fourth-order valence-corrected chi connectivity index (χ4v) is 1.08. The minimum atomic E-state index is -1.56. The number of aliphatic carboxylic acids is 3. The van der Waals surface area contributed by atoms with Gasteiger partial charge in [-0.25, -0.2) is 4.79 Å². The van der Waals surface area contributed by atoms with Crippen molar-refractivity contribution >= 4 is 29.7 Å². The van der Waals surface area contributed by atoms with E-state index >= 15 is 0 Å². The molecule has 126 valence electrons. The number of nitrogens with two attached hydrogens (primary N) is 2. The fourth-order valence-electron chi connectivity index (χ4n) is 1.08. The van der Waals surface area contributed by atoms with Gasteiger partial charge in [-0.15, -0.1) is 0 Å². The number of rotatable bonds is 8. The summed E-state index contributed by atoms with van der Waals surface area (Å²) in [6.07, 6.45) is -0.921. The van der Waals surface area contributed by atoms with Crippen LogP contribution in [0.2, 0.25) is 0 Å². The highest BCUT2D eigenvalue weighted by Crippen LogP contribution is 1.98. The van der Waals surface area contributed by atoms with E-state index in [9.17, 15) is 19.2 Å². The molecule has 0 saturated carbocycles. The maximum Gasteiger partial charge on any atom is 0.326 e. The van der Waals surface area contributed by atoms with Crippen molar-refractivity contribution in [1.29, 1.82) is 0 Å². The monoisotopic (exact) mass is 321 g/mol. The van der Waals surface area contributed by atoms with E-state index in [4.69, 9.17) is 31.6 Å². The Bertz CT molecular complexity index is 433. The highest BCUT2D eigenvalue weighted by Gasteiger charge is 2.25. The summed E-state index contributed by atoms with van der Waals surface area (Å²) < 4.78 is 0. The molecule has 0 heterocycles. The van der Waals surface area contributed by atoms with E-state index in [0.717, 1.165) is 6.92 Å². The second-order valence-corrected chi connectivity index (χ2v) is 4.13. The standard InChI is InChI=1S/C9H15N3O6.C2H4O2/c10-4(1-2-6(11)13)8(16)12-5(9(17)18)3-7(14)15;1-2(3)4/h4-5H,1-3,10H2,(H2,11,13)(H,12,16)(H,14,15)(H,17,18);1H3,(H,3,4)/t4-,5-;/m0./s1. The zero-order chi connectivity index (χ0) is 17.9. The Morgan fingerprint density at radius 1 is 1.09 bits per heavy atom. The van der Waals surface area contributed by atoms with Crippen molar-refractivity contribution in [1.82, 2.24) is 5.32 Å². The first kappa shape index (κ1) is 21.6. The quantitative estimate of drug-likeness (QED) is 0.283. The normalized spacial score (nSPS) is 12.1. The Morgan fingerprint density at radius 2 is 1.55 bits per heavy atom. The molecule has 0 aliphatic heterocycles. The molecule has 0 fully saturated rings.